The van der Waals surface area contributed by atoms with Gasteiger partial charge in [0.1, 0.15) is 5.82 Å². The summed E-state index contributed by atoms with van der Waals surface area (Å²) in [5.41, 5.74) is 6.51. The van der Waals surface area contributed by atoms with E-state index in [1.165, 1.54) is 11.3 Å². The first kappa shape index (κ1) is 23.1. The number of hydrogen-bond donors (Lipinski definition) is 0. The molecule has 0 aliphatic carbocycles. The maximum absolute atomic E-state index is 13.2. The predicted molar refractivity (Wildman–Crippen MR) is 142 cm³/mol. The Kier molecular flexibility index (Phi) is 6.32. The van der Waals surface area contributed by atoms with E-state index in [1.807, 2.05) is 55.1 Å². The maximum atomic E-state index is 13.2. The van der Waals surface area contributed by atoms with E-state index < -0.39 is 0 Å². The van der Waals surface area contributed by atoms with Gasteiger partial charge in [0.15, 0.2) is 0 Å². The van der Waals surface area contributed by atoms with Gasteiger partial charge in [-0.25, -0.2) is 4.98 Å². The summed E-state index contributed by atoms with van der Waals surface area (Å²) in [7, 11) is 4.03. The van der Waals surface area contributed by atoms with Crippen LogP contribution in [0.2, 0.25) is 0 Å². The molecule has 1 aromatic heterocycles. The lowest BCUT2D eigenvalue weighted by Gasteiger charge is -2.37. The van der Waals surface area contributed by atoms with Gasteiger partial charge in [-0.15, -0.1) is 0 Å². The van der Waals surface area contributed by atoms with Crippen molar-refractivity contribution < 1.29 is 4.79 Å². The van der Waals surface area contributed by atoms with Crippen LogP contribution in [0.5, 0.6) is 0 Å². The van der Waals surface area contributed by atoms with Crippen molar-refractivity contribution >= 4 is 23.4 Å². The lowest BCUT2D eigenvalue weighted by atomic mass is 10.0. The van der Waals surface area contributed by atoms with Crippen molar-refractivity contribution in [1.29, 1.82) is 0 Å². The molecule has 0 N–H and O–H groups in total. The molecule has 3 heterocycles. The van der Waals surface area contributed by atoms with Gasteiger partial charge in [-0.3, -0.25) is 4.79 Å². The largest absolute Gasteiger partial charge is 0.368 e. The van der Waals surface area contributed by atoms with Crippen molar-refractivity contribution in [2.24, 2.45) is 0 Å². The van der Waals surface area contributed by atoms with Gasteiger partial charge in [-0.1, -0.05) is 35.4 Å². The number of nitrogens with zero attached hydrogens (tertiary/aromatic N) is 6. The highest BCUT2D eigenvalue weighted by atomic mass is 16.2. The minimum Gasteiger partial charge on any atom is -0.368 e. The molecule has 0 spiro atoms. The normalized spacial score (nSPS) is 15.7. The first-order valence-electron chi connectivity index (χ1n) is 12.4. The molecule has 1 amide bonds. The van der Waals surface area contributed by atoms with Gasteiger partial charge >= 0.3 is 0 Å². The SMILES string of the molecule is Cc1ccc(N2CCN(c3nc4c(c(N(C)C)n3)CN(C(=O)c3cccc(C)c3)CC4)CC2)cc1. The minimum atomic E-state index is 0.0698. The van der Waals surface area contributed by atoms with E-state index in [9.17, 15) is 4.79 Å². The molecule has 1 saturated heterocycles. The predicted octanol–water partition coefficient (Wildman–Crippen LogP) is 3.68. The molecule has 0 bridgehead atoms. The third-order valence-corrected chi connectivity index (χ3v) is 6.96. The number of benzene rings is 2. The molecule has 0 atom stereocenters. The zero-order valence-electron chi connectivity index (χ0n) is 21.2. The number of amides is 1. The van der Waals surface area contributed by atoms with E-state index in [2.05, 4.69) is 41.0 Å². The highest BCUT2D eigenvalue weighted by molar-refractivity contribution is 5.94. The number of aromatic nitrogens is 2. The fourth-order valence-electron chi connectivity index (χ4n) is 4.95. The second kappa shape index (κ2) is 9.56. The summed E-state index contributed by atoms with van der Waals surface area (Å²) in [6.45, 7) is 9.01. The van der Waals surface area contributed by atoms with E-state index in [0.29, 0.717) is 13.1 Å². The molecule has 0 saturated carbocycles. The zero-order chi connectivity index (χ0) is 24.5. The summed E-state index contributed by atoms with van der Waals surface area (Å²) >= 11 is 0. The molecule has 5 rings (SSSR count). The Labute approximate surface area is 208 Å². The van der Waals surface area contributed by atoms with E-state index in [0.717, 1.165) is 66.8 Å². The first-order valence-corrected chi connectivity index (χ1v) is 12.4. The number of aryl methyl sites for hydroxylation is 2. The Balaban J connectivity index is 1.34. The Morgan fingerprint density at radius 1 is 0.857 bits per heavy atom. The molecule has 2 aliphatic rings. The summed E-state index contributed by atoms with van der Waals surface area (Å²) in [5, 5.41) is 0. The number of rotatable bonds is 4. The standard InChI is InChI=1S/C28H34N6O/c1-20-8-10-23(11-9-20)32-14-16-33(17-15-32)28-29-25-12-13-34(19-24(25)26(30-28)31(3)4)27(35)22-7-5-6-21(2)18-22/h5-11,18H,12-17,19H2,1-4H3. The van der Waals surface area contributed by atoms with Crippen LogP contribution in [-0.2, 0) is 13.0 Å². The molecule has 0 radical (unpaired) electrons. The van der Waals surface area contributed by atoms with Crippen molar-refractivity contribution in [2.45, 2.75) is 26.8 Å². The number of fused-ring (bicyclic) bond motifs is 1. The smallest absolute Gasteiger partial charge is 0.254 e. The Morgan fingerprint density at radius 3 is 2.26 bits per heavy atom. The molecule has 2 aliphatic heterocycles. The molecule has 35 heavy (non-hydrogen) atoms. The van der Waals surface area contributed by atoms with Crippen LogP contribution in [0, 0.1) is 13.8 Å². The van der Waals surface area contributed by atoms with E-state index in [1.54, 1.807) is 0 Å². The van der Waals surface area contributed by atoms with Gasteiger partial charge < -0.3 is 19.6 Å². The van der Waals surface area contributed by atoms with Gasteiger partial charge in [0.05, 0.1) is 12.2 Å². The number of carbonyl (C=O) groups is 1. The lowest BCUT2D eigenvalue weighted by molar-refractivity contribution is 0.0733. The van der Waals surface area contributed by atoms with Crippen molar-refractivity contribution in [3.05, 3.63) is 76.5 Å². The zero-order valence-corrected chi connectivity index (χ0v) is 21.2. The molecule has 182 valence electrons. The van der Waals surface area contributed by atoms with E-state index in [-0.39, 0.29) is 5.91 Å². The Bertz CT molecular complexity index is 1210. The van der Waals surface area contributed by atoms with E-state index >= 15 is 0 Å². The monoisotopic (exact) mass is 470 g/mol. The summed E-state index contributed by atoms with van der Waals surface area (Å²) in [5.74, 6) is 1.78. The van der Waals surface area contributed by atoms with Gasteiger partial charge in [-0.05, 0) is 38.1 Å². The number of hydrogen-bond acceptors (Lipinski definition) is 6. The number of carbonyl (C=O) groups excluding carboxylic acids is 1. The second-order valence-corrected chi connectivity index (χ2v) is 9.82. The average Bonchev–Trinajstić information content (AvgIpc) is 2.88. The quantitative estimate of drug-likeness (QED) is 0.580. The molecule has 3 aromatic rings. The molecule has 1 fully saturated rings. The van der Waals surface area contributed by atoms with Gasteiger partial charge in [0.25, 0.3) is 5.91 Å². The van der Waals surface area contributed by atoms with Gasteiger partial charge in [0.2, 0.25) is 5.95 Å². The van der Waals surface area contributed by atoms with Crippen LogP contribution in [0.25, 0.3) is 0 Å². The fraction of sp³-hybridized carbons (Fsp3) is 0.393. The van der Waals surface area contributed by atoms with Crippen LogP contribution >= 0.6 is 0 Å². The first-order chi connectivity index (χ1) is 16.9. The topological polar surface area (TPSA) is 55.8 Å². The summed E-state index contributed by atoms with van der Waals surface area (Å²) in [6.07, 6.45) is 0.743. The highest BCUT2D eigenvalue weighted by Gasteiger charge is 2.29. The number of piperazine rings is 1. The van der Waals surface area contributed by atoms with E-state index in [4.69, 9.17) is 9.97 Å². The van der Waals surface area contributed by atoms with Crippen LogP contribution in [0.4, 0.5) is 17.5 Å². The Hall–Kier alpha value is -3.61. The second-order valence-electron chi connectivity index (χ2n) is 9.82. The van der Waals surface area contributed by atoms with Gasteiger partial charge in [-0.2, -0.15) is 4.98 Å². The van der Waals surface area contributed by atoms with Gasteiger partial charge in [0, 0.05) is 70.1 Å². The summed E-state index contributed by atoms with van der Waals surface area (Å²) in [6, 6.07) is 16.6. The minimum absolute atomic E-state index is 0.0698. The van der Waals surface area contributed by atoms with Crippen molar-refractivity contribution in [2.75, 3.05) is 61.5 Å². The third kappa shape index (κ3) is 4.81. The fourth-order valence-corrected chi connectivity index (χ4v) is 4.95. The molecule has 7 nitrogen and oxygen atoms in total. The van der Waals surface area contributed by atoms with Crippen LogP contribution in [0.15, 0.2) is 48.5 Å². The summed E-state index contributed by atoms with van der Waals surface area (Å²) < 4.78 is 0. The molecular weight excluding hydrogens is 436 g/mol. The molecule has 0 unspecified atom stereocenters. The van der Waals surface area contributed by atoms with Crippen LogP contribution in [0.1, 0.15) is 32.7 Å². The van der Waals surface area contributed by atoms with Crippen molar-refractivity contribution in [3.63, 3.8) is 0 Å². The van der Waals surface area contributed by atoms with Crippen molar-refractivity contribution in [1.82, 2.24) is 14.9 Å². The maximum Gasteiger partial charge on any atom is 0.254 e. The summed E-state index contributed by atoms with van der Waals surface area (Å²) in [4.78, 5) is 31.9. The highest BCUT2D eigenvalue weighted by Crippen LogP contribution is 2.29. The van der Waals surface area contributed by atoms with Crippen molar-refractivity contribution in [3.8, 4) is 0 Å². The van der Waals surface area contributed by atoms with Crippen LogP contribution in [-0.4, -0.2) is 67.6 Å². The molecule has 7 heteroatoms. The lowest BCUT2D eigenvalue weighted by Crippen LogP contribution is -2.47. The van der Waals surface area contributed by atoms with Crippen LogP contribution < -0.4 is 14.7 Å². The average molecular weight is 471 g/mol. The molecule has 2 aromatic carbocycles. The Morgan fingerprint density at radius 2 is 1.57 bits per heavy atom. The third-order valence-electron chi connectivity index (χ3n) is 6.96. The number of anilines is 3. The molecular formula is C28H34N6O. The van der Waals surface area contributed by atoms with Crippen LogP contribution in [0.3, 0.4) is 0 Å².